The molecule has 0 saturated heterocycles. The van der Waals surface area contributed by atoms with Gasteiger partial charge in [-0.05, 0) is 6.92 Å². The van der Waals surface area contributed by atoms with E-state index in [1.54, 1.807) is 6.92 Å². The highest BCUT2D eigenvalue weighted by Crippen LogP contribution is 2.16. The SMILES string of the molecule is CC(Cl)SC[C@@H](O)[C@@H](O)[C@@H](O)C=O. The van der Waals surface area contributed by atoms with Crippen LogP contribution in [0.5, 0.6) is 0 Å². The quantitative estimate of drug-likeness (QED) is 0.426. The van der Waals surface area contributed by atoms with Crippen molar-refractivity contribution in [2.24, 2.45) is 0 Å². The molecule has 0 aromatic heterocycles. The largest absolute Gasteiger partial charge is 0.389 e. The standard InChI is InChI=1S/C7H13ClO4S/c1-4(8)13-3-6(11)7(12)5(10)2-9/h2,4-7,10-12H,3H2,1H3/t4?,5-,6+,7-/m0/s1. The number of alkyl halides is 1. The molecule has 0 aliphatic carbocycles. The molecule has 0 aliphatic rings. The summed E-state index contributed by atoms with van der Waals surface area (Å²) in [5.74, 6) is 0.177. The van der Waals surface area contributed by atoms with E-state index in [2.05, 4.69) is 0 Å². The van der Waals surface area contributed by atoms with Crippen molar-refractivity contribution >= 4 is 29.6 Å². The van der Waals surface area contributed by atoms with Gasteiger partial charge in [-0.1, -0.05) is 0 Å². The van der Waals surface area contributed by atoms with E-state index in [0.717, 1.165) is 0 Å². The van der Waals surface area contributed by atoms with Crippen molar-refractivity contribution in [1.82, 2.24) is 0 Å². The van der Waals surface area contributed by atoms with Gasteiger partial charge in [0.25, 0.3) is 0 Å². The highest BCUT2D eigenvalue weighted by atomic mass is 35.5. The zero-order chi connectivity index (χ0) is 10.4. The van der Waals surface area contributed by atoms with Crippen LogP contribution in [0.15, 0.2) is 0 Å². The fourth-order valence-electron chi connectivity index (χ4n) is 0.638. The average Bonchev–Trinajstić information content (AvgIpc) is 2.11. The zero-order valence-electron chi connectivity index (χ0n) is 7.13. The molecule has 0 fully saturated rings. The molecule has 6 heteroatoms. The number of carbonyl (C=O) groups is 1. The Kier molecular flexibility index (Phi) is 6.71. The molecule has 0 saturated carbocycles. The lowest BCUT2D eigenvalue weighted by molar-refractivity contribution is -0.124. The van der Waals surface area contributed by atoms with E-state index < -0.39 is 18.3 Å². The Morgan fingerprint density at radius 3 is 2.38 bits per heavy atom. The predicted octanol–water partition coefficient (Wildman–Crippen LogP) is -0.414. The number of halogens is 1. The molecule has 0 aliphatic heterocycles. The van der Waals surface area contributed by atoms with Gasteiger partial charge in [0.05, 0.1) is 10.8 Å². The molecule has 0 rings (SSSR count). The summed E-state index contributed by atoms with van der Waals surface area (Å²) in [5, 5.41) is 27.2. The molecule has 0 bridgehead atoms. The molecule has 13 heavy (non-hydrogen) atoms. The third-order valence-corrected chi connectivity index (χ3v) is 2.75. The van der Waals surface area contributed by atoms with Crippen LogP contribution >= 0.6 is 23.4 Å². The van der Waals surface area contributed by atoms with Crippen molar-refractivity contribution in [3.8, 4) is 0 Å². The van der Waals surface area contributed by atoms with Crippen LogP contribution in [-0.2, 0) is 4.79 Å². The first-order chi connectivity index (χ1) is 5.99. The van der Waals surface area contributed by atoms with E-state index >= 15 is 0 Å². The van der Waals surface area contributed by atoms with Gasteiger partial charge in [-0.2, -0.15) is 0 Å². The molecular formula is C7H13ClO4S. The number of hydrogen-bond acceptors (Lipinski definition) is 5. The molecule has 0 aromatic carbocycles. The van der Waals surface area contributed by atoms with Crippen molar-refractivity contribution in [3.63, 3.8) is 0 Å². The summed E-state index contributed by atoms with van der Waals surface area (Å²) in [4.78, 5) is 10.0. The second-order valence-electron chi connectivity index (χ2n) is 2.56. The first-order valence-corrected chi connectivity index (χ1v) is 5.22. The Balaban J connectivity index is 3.81. The maximum atomic E-state index is 10.0. The predicted molar refractivity (Wildman–Crippen MR) is 51.9 cm³/mol. The van der Waals surface area contributed by atoms with Gasteiger partial charge in [-0.25, -0.2) is 0 Å². The smallest absolute Gasteiger partial charge is 0.151 e. The second kappa shape index (κ2) is 6.62. The minimum Gasteiger partial charge on any atom is -0.389 e. The van der Waals surface area contributed by atoms with E-state index in [1.165, 1.54) is 11.8 Å². The topological polar surface area (TPSA) is 77.8 Å². The summed E-state index contributed by atoms with van der Waals surface area (Å²) in [7, 11) is 0. The normalized spacial score (nSPS) is 20.4. The summed E-state index contributed by atoms with van der Waals surface area (Å²) in [6.07, 6.45) is -3.95. The monoisotopic (exact) mass is 228 g/mol. The lowest BCUT2D eigenvalue weighted by Gasteiger charge is -2.19. The van der Waals surface area contributed by atoms with Gasteiger partial charge in [0.1, 0.15) is 12.2 Å². The third kappa shape index (κ3) is 5.49. The summed E-state index contributed by atoms with van der Waals surface area (Å²) < 4.78 is -0.185. The molecular weight excluding hydrogens is 216 g/mol. The molecule has 0 heterocycles. The Morgan fingerprint density at radius 2 is 2.00 bits per heavy atom. The van der Waals surface area contributed by atoms with Crippen molar-refractivity contribution in [1.29, 1.82) is 0 Å². The van der Waals surface area contributed by atoms with Crippen LogP contribution in [0.4, 0.5) is 0 Å². The summed E-state index contributed by atoms with van der Waals surface area (Å²) in [5.41, 5.74) is 0. The number of carbonyl (C=O) groups excluding carboxylic acids is 1. The molecule has 0 aromatic rings. The maximum absolute atomic E-state index is 10.0. The number of aliphatic hydroxyl groups is 3. The lowest BCUT2D eigenvalue weighted by Crippen LogP contribution is -2.39. The molecule has 4 atom stereocenters. The van der Waals surface area contributed by atoms with E-state index in [0.29, 0.717) is 0 Å². The van der Waals surface area contributed by atoms with Gasteiger partial charge in [0, 0.05) is 5.75 Å². The molecule has 78 valence electrons. The molecule has 0 spiro atoms. The average molecular weight is 229 g/mol. The van der Waals surface area contributed by atoms with Crippen LogP contribution in [0, 0.1) is 0 Å². The van der Waals surface area contributed by atoms with Gasteiger partial charge in [-0.15, -0.1) is 23.4 Å². The molecule has 1 unspecified atom stereocenters. The number of hydrogen-bond donors (Lipinski definition) is 3. The summed E-state index contributed by atoms with van der Waals surface area (Å²) in [6, 6.07) is 0. The second-order valence-corrected chi connectivity index (χ2v) is 4.85. The third-order valence-electron chi connectivity index (χ3n) is 1.38. The highest BCUT2D eigenvalue weighted by Gasteiger charge is 2.24. The fraction of sp³-hybridized carbons (Fsp3) is 0.857. The van der Waals surface area contributed by atoms with E-state index in [-0.39, 0.29) is 16.7 Å². The number of aliphatic hydroxyl groups excluding tert-OH is 3. The maximum Gasteiger partial charge on any atom is 0.151 e. The number of aldehydes is 1. The van der Waals surface area contributed by atoms with Gasteiger partial charge in [-0.3, -0.25) is 0 Å². The number of thioether (sulfide) groups is 1. The van der Waals surface area contributed by atoms with Crippen LogP contribution < -0.4 is 0 Å². The van der Waals surface area contributed by atoms with Gasteiger partial charge in [0.2, 0.25) is 0 Å². The summed E-state index contributed by atoms with van der Waals surface area (Å²) >= 11 is 6.80. The first-order valence-electron chi connectivity index (χ1n) is 3.74. The minimum atomic E-state index is -1.54. The molecule has 0 radical (unpaired) electrons. The Hall–Kier alpha value is 0.190. The van der Waals surface area contributed by atoms with Crippen LogP contribution in [0.25, 0.3) is 0 Å². The van der Waals surface area contributed by atoms with Crippen molar-refractivity contribution in [3.05, 3.63) is 0 Å². The number of rotatable bonds is 6. The fourth-order valence-corrected chi connectivity index (χ4v) is 1.52. The first kappa shape index (κ1) is 13.2. The Labute approximate surface area is 85.9 Å². The van der Waals surface area contributed by atoms with E-state index in [4.69, 9.17) is 21.8 Å². The zero-order valence-corrected chi connectivity index (χ0v) is 8.70. The minimum absolute atomic E-state index is 0.177. The van der Waals surface area contributed by atoms with Crippen LogP contribution in [0.1, 0.15) is 6.92 Å². The Morgan fingerprint density at radius 1 is 1.46 bits per heavy atom. The van der Waals surface area contributed by atoms with Gasteiger partial charge < -0.3 is 20.1 Å². The molecule has 0 amide bonds. The van der Waals surface area contributed by atoms with Crippen LogP contribution in [0.2, 0.25) is 0 Å². The van der Waals surface area contributed by atoms with Gasteiger partial charge >= 0.3 is 0 Å². The van der Waals surface area contributed by atoms with Crippen molar-refractivity contribution in [2.75, 3.05) is 5.75 Å². The lowest BCUT2D eigenvalue weighted by atomic mass is 10.1. The van der Waals surface area contributed by atoms with E-state index in [1.807, 2.05) is 0 Å². The highest BCUT2D eigenvalue weighted by molar-refractivity contribution is 8.01. The van der Waals surface area contributed by atoms with E-state index in [9.17, 15) is 9.90 Å². The van der Waals surface area contributed by atoms with Crippen LogP contribution in [0.3, 0.4) is 0 Å². The van der Waals surface area contributed by atoms with Crippen molar-refractivity contribution < 1.29 is 20.1 Å². The van der Waals surface area contributed by atoms with Crippen LogP contribution in [-0.4, -0.2) is 50.4 Å². The van der Waals surface area contributed by atoms with Gasteiger partial charge in [0.15, 0.2) is 6.29 Å². The molecule has 3 N–H and O–H groups in total. The van der Waals surface area contributed by atoms with Crippen molar-refractivity contribution in [2.45, 2.75) is 29.9 Å². The Bertz CT molecular complexity index is 155. The summed E-state index contributed by atoms with van der Waals surface area (Å²) in [6.45, 7) is 1.72. The molecule has 4 nitrogen and oxygen atoms in total.